The van der Waals surface area contributed by atoms with E-state index in [2.05, 4.69) is 14.9 Å². The number of rotatable bonds is 5. The summed E-state index contributed by atoms with van der Waals surface area (Å²) in [6.07, 6.45) is 3.22. The molecular formula is C18H16F2N4O4S. The van der Waals surface area contributed by atoms with E-state index in [9.17, 15) is 22.0 Å². The molecule has 11 heteroatoms. The van der Waals surface area contributed by atoms with E-state index in [1.165, 1.54) is 18.3 Å². The molecule has 0 aliphatic carbocycles. The average Bonchev–Trinajstić information content (AvgIpc) is 3.44. The lowest BCUT2D eigenvalue weighted by atomic mass is 10.2. The van der Waals surface area contributed by atoms with Gasteiger partial charge in [0, 0.05) is 19.2 Å². The topological polar surface area (TPSA) is 108 Å². The maximum atomic E-state index is 13.3. The number of hydrogen-bond acceptors (Lipinski definition) is 5. The molecule has 0 atom stereocenters. The summed E-state index contributed by atoms with van der Waals surface area (Å²) < 4.78 is 58.8. The molecule has 152 valence electrons. The van der Waals surface area contributed by atoms with Crippen molar-refractivity contribution in [3.8, 4) is 11.5 Å². The summed E-state index contributed by atoms with van der Waals surface area (Å²) in [5, 5.41) is 6.08. The van der Waals surface area contributed by atoms with Gasteiger partial charge < -0.3 is 9.32 Å². The Hall–Kier alpha value is -3.21. The molecule has 0 bridgehead atoms. The van der Waals surface area contributed by atoms with Crippen molar-refractivity contribution in [1.29, 1.82) is 0 Å². The highest BCUT2D eigenvalue weighted by Crippen LogP contribution is 2.28. The first-order valence-electron chi connectivity index (χ1n) is 8.76. The third kappa shape index (κ3) is 3.73. The van der Waals surface area contributed by atoms with Crippen LogP contribution in [0.5, 0.6) is 0 Å². The molecule has 3 aromatic rings. The number of furan rings is 1. The van der Waals surface area contributed by atoms with Crippen molar-refractivity contribution in [2.45, 2.75) is 17.9 Å². The van der Waals surface area contributed by atoms with Crippen molar-refractivity contribution in [1.82, 2.24) is 15.1 Å². The second-order valence-electron chi connectivity index (χ2n) is 6.51. The summed E-state index contributed by atoms with van der Waals surface area (Å²) in [5.41, 5.74) is 0.378. The number of carbonyl (C=O) groups is 1. The van der Waals surface area contributed by atoms with Crippen LogP contribution in [0, 0.1) is 11.6 Å². The molecule has 0 spiro atoms. The lowest BCUT2D eigenvalue weighted by molar-refractivity contribution is 0.0793. The number of nitrogens with zero attached hydrogens (tertiary/aromatic N) is 2. The van der Waals surface area contributed by atoms with E-state index in [0.717, 1.165) is 31.0 Å². The molecule has 1 aromatic carbocycles. The monoisotopic (exact) mass is 422 g/mol. The van der Waals surface area contributed by atoms with Crippen LogP contribution in [-0.2, 0) is 10.0 Å². The summed E-state index contributed by atoms with van der Waals surface area (Å²) in [6.45, 7) is 1.30. The molecule has 2 aromatic heterocycles. The maximum Gasteiger partial charge on any atom is 0.295 e. The fraction of sp³-hybridized carbons (Fsp3) is 0.222. The van der Waals surface area contributed by atoms with Crippen molar-refractivity contribution in [2.24, 2.45) is 0 Å². The van der Waals surface area contributed by atoms with Crippen molar-refractivity contribution >= 4 is 21.6 Å². The Morgan fingerprint density at radius 2 is 1.90 bits per heavy atom. The SMILES string of the molecule is O=C(c1cn[nH]c1-c1ccc(S(=O)(=O)Nc2ccc(F)c(F)c2)o1)N1CCCC1. The predicted octanol–water partition coefficient (Wildman–Crippen LogP) is 2.98. The number of halogens is 2. The third-order valence-electron chi connectivity index (χ3n) is 4.53. The zero-order chi connectivity index (χ0) is 20.6. The number of H-pyrrole nitrogens is 1. The minimum atomic E-state index is -4.20. The standard InChI is InChI=1S/C18H16F2N4O4S/c19-13-4-3-11(9-14(13)20)23-29(26,27)16-6-5-15(28-16)17-12(10-21-22-17)18(25)24-7-1-2-8-24/h3-6,9-10,23H,1-2,7-8H2,(H,21,22). The van der Waals surface area contributed by atoms with Gasteiger partial charge in [0.25, 0.3) is 15.9 Å². The lowest BCUT2D eigenvalue weighted by Gasteiger charge is -2.14. The summed E-state index contributed by atoms with van der Waals surface area (Å²) in [4.78, 5) is 14.3. The highest BCUT2D eigenvalue weighted by molar-refractivity contribution is 7.92. The van der Waals surface area contributed by atoms with Crippen molar-refractivity contribution in [3.05, 3.63) is 53.7 Å². The minimum Gasteiger partial charge on any atom is -0.441 e. The van der Waals surface area contributed by atoms with Gasteiger partial charge in [0.05, 0.1) is 17.4 Å². The molecule has 2 N–H and O–H groups in total. The van der Waals surface area contributed by atoms with E-state index in [-0.39, 0.29) is 28.6 Å². The second-order valence-corrected chi connectivity index (χ2v) is 8.12. The predicted molar refractivity (Wildman–Crippen MR) is 98.6 cm³/mol. The Morgan fingerprint density at radius 3 is 2.62 bits per heavy atom. The van der Waals surface area contributed by atoms with Gasteiger partial charge in [-0.05, 0) is 37.1 Å². The van der Waals surface area contributed by atoms with E-state index < -0.39 is 26.8 Å². The molecular weight excluding hydrogens is 406 g/mol. The van der Waals surface area contributed by atoms with Crippen molar-refractivity contribution in [2.75, 3.05) is 17.8 Å². The fourth-order valence-electron chi connectivity index (χ4n) is 3.09. The first-order chi connectivity index (χ1) is 13.8. The summed E-state index contributed by atoms with van der Waals surface area (Å²) in [7, 11) is -4.20. The molecule has 1 aliphatic rings. The van der Waals surface area contributed by atoms with Gasteiger partial charge in [-0.1, -0.05) is 0 Å². The number of sulfonamides is 1. The van der Waals surface area contributed by atoms with Gasteiger partial charge in [0.1, 0.15) is 5.69 Å². The Labute approximate surface area is 164 Å². The van der Waals surface area contributed by atoms with Gasteiger partial charge in [-0.25, -0.2) is 8.78 Å². The van der Waals surface area contributed by atoms with E-state index >= 15 is 0 Å². The van der Waals surface area contributed by atoms with Crippen molar-refractivity contribution in [3.63, 3.8) is 0 Å². The average molecular weight is 422 g/mol. The van der Waals surface area contributed by atoms with Crippen molar-refractivity contribution < 1.29 is 26.4 Å². The molecule has 8 nitrogen and oxygen atoms in total. The van der Waals surface area contributed by atoms with E-state index in [1.807, 2.05) is 0 Å². The molecule has 1 aliphatic heterocycles. The Kier molecular flexibility index (Phi) is 4.82. The smallest absolute Gasteiger partial charge is 0.295 e. The minimum absolute atomic E-state index is 0.107. The van der Waals surface area contributed by atoms with Gasteiger partial charge in [0.15, 0.2) is 17.4 Å². The third-order valence-corrected chi connectivity index (χ3v) is 5.78. The summed E-state index contributed by atoms with van der Waals surface area (Å²) >= 11 is 0. The van der Waals surface area contributed by atoms with Crippen LogP contribution in [0.2, 0.25) is 0 Å². The van der Waals surface area contributed by atoms with Crippen LogP contribution in [0.3, 0.4) is 0 Å². The van der Waals surface area contributed by atoms with E-state index in [4.69, 9.17) is 4.42 Å². The molecule has 1 saturated heterocycles. The highest BCUT2D eigenvalue weighted by atomic mass is 32.2. The van der Waals surface area contributed by atoms with Gasteiger partial charge in [-0.15, -0.1) is 0 Å². The van der Waals surface area contributed by atoms with E-state index in [1.54, 1.807) is 4.90 Å². The highest BCUT2D eigenvalue weighted by Gasteiger charge is 2.26. The number of anilines is 1. The van der Waals surface area contributed by atoms with Gasteiger partial charge in [-0.2, -0.15) is 13.5 Å². The number of benzene rings is 1. The quantitative estimate of drug-likeness (QED) is 0.657. The van der Waals surface area contributed by atoms with Gasteiger partial charge in [0.2, 0.25) is 5.09 Å². The second kappa shape index (κ2) is 7.32. The molecule has 1 amide bonds. The zero-order valence-electron chi connectivity index (χ0n) is 15.0. The number of nitrogens with one attached hydrogen (secondary N) is 2. The summed E-state index contributed by atoms with van der Waals surface area (Å²) in [6, 6.07) is 5.19. The van der Waals surface area contributed by atoms with E-state index in [0.29, 0.717) is 13.1 Å². The normalized spacial score (nSPS) is 14.3. The largest absolute Gasteiger partial charge is 0.441 e. The zero-order valence-corrected chi connectivity index (χ0v) is 15.8. The first kappa shape index (κ1) is 19.1. The molecule has 29 heavy (non-hydrogen) atoms. The van der Waals surface area contributed by atoms with Crippen LogP contribution >= 0.6 is 0 Å². The number of aromatic amines is 1. The number of amides is 1. The molecule has 1 fully saturated rings. The lowest BCUT2D eigenvalue weighted by Crippen LogP contribution is -2.27. The number of aromatic nitrogens is 2. The first-order valence-corrected chi connectivity index (χ1v) is 10.2. The molecule has 3 heterocycles. The van der Waals surface area contributed by atoms with Crippen LogP contribution in [0.1, 0.15) is 23.2 Å². The Balaban J connectivity index is 1.59. The van der Waals surface area contributed by atoms with Crippen LogP contribution in [0.4, 0.5) is 14.5 Å². The van der Waals surface area contributed by atoms with Gasteiger partial charge in [-0.3, -0.25) is 14.6 Å². The molecule has 0 radical (unpaired) electrons. The Morgan fingerprint density at radius 1 is 1.14 bits per heavy atom. The van der Waals surface area contributed by atoms with Crippen LogP contribution in [0.15, 0.2) is 46.0 Å². The van der Waals surface area contributed by atoms with Gasteiger partial charge >= 0.3 is 0 Å². The molecule has 0 saturated carbocycles. The number of carbonyl (C=O) groups excluding carboxylic acids is 1. The van der Waals surface area contributed by atoms with Crippen LogP contribution in [0.25, 0.3) is 11.5 Å². The molecule has 4 rings (SSSR count). The number of hydrogen-bond donors (Lipinski definition) is 2. The fourth-order valence-corrected chi connectivity index (χ4v) is 4.08. The Bertz CT molecular complexity index is 1170. The maximum absolute atomic E-state index is 13.3. The molecule has 0 unspecified atom stereocenters. The summed E-state index contributed by atoms with van der Waals surface area (Å²) in [5.74, 6) is -2.39. The van der Waals surface area contributed by atoms with Crippen LogP contribution < -0.4 is 4.72 Å². The number of likely N-dealkylation sites (tertiary alicyclic amines) is 1. The van der Waals surface area contributed by atoms with Crippen LogP contribution in [-0.4, -0.2) is 42.5 Å².